The number of hydrogen-bond acceptors (Lipinski definition) is 3. The molecule has 1 aromatic carbocycles. The summed E-state index contributed by atoms with van der Waals surface area (Å²) in [6, 6.07) is 5.70. The van der Waals surface area contributed by atoms with E-state index in [2.05, 4.69) is 44.1 Å². The van der Waals surface area contributed by atoms with E-state index < -0.39 is 5.91 Å². The maximum absolute atomic E-state index is 12.7. The Kier molecular flexibility index (Phi) is 5.19. The van der Waals surface area contributed by atoms with Gasteiger partial charge in [0.1, 0.15) is 5.71 Å². The average molecular weight is 358 g/mol. The van der Waals surface area contributed by atoms with Crippen LogP contribution < -0.4 is 5.32 Å². The van der Waals surface area contributed by atoms with E-state index in [1.54, 1.807) is 6.20 Å². The molecular formula is C13H13BrFN3OS. The van der Waals surface area contributed by atoms with Gasteiger partial charge in [-0.25, -0.2) is 0 Å². The molecule has 0 fully saturated rings. The molecular weight excluding hydrogens is 345 g/mol. The highest BCUT2D eigenvalue weighted by molar-refractivity contribution is 9.10. The Balaban J connectivity index is 2.22. The summed E-state index contributed by atoms with van der Waals surface area (Å²) in [5.74, 6) is -0.0170. The number of H-pyrrole nitrogens is 1. The zero-order chi connectivity index (χ0) is 14.5. The Hall–Kier alpha value is -1.34. The van der Waals surface area contributed by atoms with Crippen molar-refractivity contribution in [3.8, 4) is 0 Å². The average Bonchev–Trinajstić information content (AvgIpc) is 2.86. The number of carbonyl (C=O) groups excluding carboxylic acids is 1. The summed E-state index contributed by atoms with van der Waals surface area (Å²) < 4.78 is 13.6. The van der Waals surface area contributed by atoms with E-state index in [-0.39, 0.29) is 12.1 Å². The fourth-order valence-corrected chi connectivity index (χ4v) is 2.51. The summed E-state index contributed by atoms with van der Waals surface area (Å²) in [6.45, 7) is 0.375. The van der Waals surface area contributed by atoms with Gasteiger partial charge in [-0.05, 0) is 27.6 Å². The third-order valence-electron chi connectivity index (χ3n) is 2.87. The third kappa shape index (κ3) is 3.21. The van der Waals surface area contributed by atoms with E-state index in [1.165, 1.54) is 0 Å². The van der Waals surface area contributed by atoms with Crippen molar-refractivity contribution in [2.24, 2.45) is 5.21 Å². The highest BCUT2D eigenvalue weighted by Crippen LogP contribution is 2.26. The second-order valence-corrected chi connectivity index (χ2v) is 5.47. The molecule has 0 atom stereocenters. The first kappa shape index (κ1) is 15.1. The van der Waals surface area contributed by atoms with Crippen LogP contribution in [0.15, 0.2) is 34.1 Å². The summed E-state index contributed by atoms with van der Waals surface area (Å²) in [5.41, 5.74) is 1.59. The molecule has 2 N–H and O–H groups in total. The molecule has 0 aliphatic carbocycles. The molecule has 2 aromatic rings. The van der Waals surface area contributed by atoms with Crippen molar-refractivity contribution in [2.45, 2.75) is 6.42 Å². The zero-order valence-corrected chi connectivity index (χ0v) is 13.0. The number of halogens is 2. The molecule has 0 aliphatic rings. The van der Waals surface area contributed by atoms with Crippen molar-refractivity contribution < 1.29 is 9.28 Å². The lowest BCUT2D eigenvalue weighted by Gasteiger charge is -2.04. The van der Waals surface area contributed by atoms with Crippen LogP contribution >= 0.6 is 28.6 Å². The van der Waals surface area contributed by atoms with E-state index in [1.807, 2.05) is 18.2 Å². The Morgan fingerprint density at radius 2 is 2.30 bits per heavy atom. The van der Waals surface area contributed by atoms with Crippen LogP contribution in [0.2, 0.25) is 0 Å². The van der Waals surface area contributed by atoms with E-state index >= 15 is 0 Å². The molecule has 0 radical (unpaired) electrons. The lowest BCUT2D eigenvalue weighted by Crippen LogP contribution is -2.33. The van der Waals surface area contributed by atoms with Crippen molar-refractivity contribution in [1.82, 2.24) is 10.3 Å². The van der Waals surface area contributed by atoms with Gasteiger partial charge in [0.2, 0.25) is 0 Å². The predicted octanol–water partition coefficient (Wildman–Crippen LogP) is 2.84. The molecule has 1 heterocycles. The van der Waals surface area contributed by atoms with Crippen LogP contribution in [0.25, 0.3) is 10.9 Å². The van der Waals surface area contributed by atoms with Crippen LogP contribution in [0.3, 0.4) is 0 Å². The van der Waals surface area contributed by atoms with Crippen molar-refractivity contribution in [3.05, 3.63) is 34.4 Å². The van der Waals surface area contributed by atoms with Gasteiger partial charge in [-0.1, -0.05) is 21.8 Å². The summed E-state index contributed by atoms with van der Waals surface area (Å²) >= 11 is 7.42. The van der Waals surface area contributed by atoms with Gasteiger partial charge in [0.15, 0.2) is 0 Å². The van der Waals surface area contributed by atoms with E-state index in [9.17, 15) is 9.28 Å². The summed E-state index contributed by atoms with van der Waals surface area (Å²) in [7, 11) is 0. The van der Waals surface area contributed by atoms with Crippen LogP contribution in [-0.2, 0) is 11.2 Å². The number of carbonyl (C=O) groups is 1. The summed E-state index contributed by atoms with van der Waals surface area (Å²) in [4.78, 5) is 14.8. The first-order valence-electron chi connectivity index (χ1n) is 5.98. The molecule has 4 nitrogen and oxygen atoms in total. The number of rotatable bonds is 5. The van der Waals surface area contributed by atoms with Crippen molar-refractivity contribution in [2.75, 3.05) is 12.3 Å². The minimum absolute atomic E-state index is 0.130. The molecule has 20 heavy (non-hydrogen) atoms. The molecule has 1 aromatic heterocycles. The van der Waals surface area contributed by atoms with Gasteiger partial charge in [0.05, 0.1) is 5.52 Å². The number of hydrogen-bond donors (Lipinski definition) is 3. The van der Waals surface area contributed by atoms with Gasteiger partial charge in [-0.2, -0.15) is 12.6 Å². The quantitative estimate of drug-likeness (QED) is 0.559. The second-order valence-electron chi connectivity index (χ2n) is 4.16. The maximum atomic E-state index is 12.7. The van der Waals surface area contributed by atoms with Crippen LogP contribution in [0, 0.1) is 0 Å². The molecule has 0 aliphatic heterocycles. The monoisotopic (exact) mass is 357 g/mol. The molecule has 7 heteroatoms. The van der Waals surface area contributed by atoms with Gasteiger partial charge in [-0.3, -0.25) is 4.79 Å². The smallest absolute Gasteiger partial charge is 0.268 e. The van der Waals surface area contributed by atoms with Crippen LogP contribution in [-0.4, -0.2) is 28.9 Å². The summed E-state index contributed by atoms with van der Waals surface area (Å²) in [6.07, 6.45) is 1.89. The number of benzene rings is 1. The third-order valence-corrected chi connectivity index (χ3v) is 3.75. The maximum Gasteiger partial charge on any atom is 0.268 e. The SMILES string of the molecule is O=C(NCCS)/C(Cc1c[nH]c2c(Br)cccc12)=N/F. The van der Waals surface area contributed by atoms with Crippen LogP contribution in [0.4, 0.5) is 4.48 Å². The molecule has 0 spiro atoms. The Morgan fingerprint density at radius 1 is 1.50 bits per heavy atom. The minimum atomic E-state index is -0.508. The Bertz CT molecular complexity index is 656. The highest BCUT2D eigenvalue weighted by atomic mass is 79.9. The van der Waals surface area contributed by atoms with Crippen molar-refractivity contribution in [1.29, 1.82) is 0 Å². The summed E-state index contributed by atoms with van der Waals surface area (Å²) in [5, 5.41) is 6.08. The molecule has 0 bridgehead atoms. The van der Waals surface area contributed by atoms with E-state index in [0.29, 0.717) is 12.3 Å². The fourth-order valence-electron chi connectivity index (χ4n) is 1.92. The number of aromatic nitrogens is 1. The van der Waals surface area contributed by atoms with Gasteiger partial charge in [-0.15, -0.1) is 0 Å². The number of aromatic amines is 1. The van der Waals surface area contributed by atoms with Crippen molar-refractivity contribution in [3.63, 3.8) is 0 Å². The van der Waals surface area contributed by atoms with Crippen LogP contribution in [0.1, 0.15) is 5.56 Å². The standard InChI is InChI=1S/C13H13BrFN3OS/c14-10-3-1-2-9-8(7-17-12(9)10)6-11(18-15)13(19)16-4-5-20/h1-3,7,17,20H,4-6H2,(H,16,19)/b18-11+. The molecule has 106 valence electrons. The highest BCUT2D eigenvalue weighted by Gasteiger charge is 2.15. The first-order valence-corrected chi connectivity index (χ1v) is 7.41. The molecule has 1 amide bonds. The number of nitrogens with zero attached hydrogens (tertiary/aromatic N) is 1. The first-order chi connectivity index (χ1) is 9.67. The zero-order valence-electron chi connectivity index (χ0n) is 10.5. The number of fused-ring (bicyclic) bond motifs is 1. The fraction of sp³-hybridized carbons (Fsp3) is 0.231. The predicted molar refractivity (Wildman–Crippen MR) is 85.1 cm³/mol. The van der Waals surface area contributed by atoms with Crippen LogP contribution in [0.5, 0.6) is 0 Å². The molecule has 0 saturated heterocycles. The normalized spacial score (nSPS) is 11.8. The lowest BCUT2D eigenvalue weighted by molar-refractivity contribution is -0.114. The molecule has 2 rings (SSSR count). The minimum Gasteiger partial charge on any atom is -0.360 e. The largest absolute Gasteiger partial charge is 0.360 e. The van der Waals surface area contributed by atoms with Crippen molar-refractivity contribution >= 4 is 51.1 Å². The lowest BCUT2D eigenvalue weighted by atomic mass is 10.1. The van der Waals surface area contributed by atoms with E-state index in [0.717, 1.165) is 20.9 Å². The number of para-hydroxylation sites is 1. The topological polar surface area (TPSA) is 57.2 Å². The van der Waals surface area contributed by atoms with Gasteiger partial charge >= 0.3 is 0 Å². The molecule has 0 saturated carbocycles. The van der Waals surface area contributed by atoms with Gasteiger partial charge in [0, 0.05) is 34.8 Å². The number of nitrogens with one attached hydrogen (secondary N) is 2. The van der Waals surface area contributed by atoms with E-state index in [4.69, 9.17) is 0 Å². The Labute approximate surface area is 129 Å². The number of thiol groups is 1. The Morgan fingerprint density at radius 3 is 3.00 bits per heavy atom. The second kappa shape index (κ2) is 6.90. The molecule has 0 unspecified atom stereocenters. The van der Waals surface area contributed by atoms with Gasteiger partial charge < -0.3 is 10.3 Å². The number of amides is 1. The van der Waals surface area contributed by atoms with Gasteiger partial charge in [0.25, 0.3) is 5.91 Å².